The van der Waals surface area contributed by atoms with Gasteiger partial charge in [-0.15, -0.1) is 0 Å². The van der Waals surface area contributed by atoms with Crippen LogP contribution in [0.4, 0.5) is 0 Å². The van der Waals surface area contributed by atoms with Crippen molar-refractivity contribution in [1.82, 2.24) is 34.2 Å². The molecule has 0 unspecified atom stereocenters. The third kappa shape index (κ3) is 4.54. The number of hydrogen-bond donors (Lipinski definition) is 0. The van der Waals surface area contributed by atoms with Gasteiger partial charge in [0, 0.05) is 31.8 Å². The molecule has 0 N–H and O–H groups in total. The van der Waals surface area contributed by atoms with Crippen LogP contribution in [-0.2, 0) is 11.8 Å². The van der Waals surface area contributed by atoms with Crippen molar-refractivity contribution in [2.24, 2.45) is 7.05 Å². The zero-order valence-electron chi connectivity index (χ0n) is 22.5. The van der Waals surface area contributed by atoms with E-state index in [1.807, 2.05) is 65.4 Å². The molecule has 0 spiro atoms. The molecule has 1 aliphatic heterocycles. The van der Waals surface area contributed by atoms with Crippen LogP contribution >= 0.6 is 0 Å². The van der Waals surface area contributed by atoms with Crippen molar-refractivity contribution in [1.29, 1.82) is 0 Å². The number of amides is 1. The number of likely N-dealkylation sites (tertiary alicyclic amines) is 1. The number of aromatic nitrogens is 6. The summed E-state index contributed by atoms with van der Waals surface area (Å²) in [6, 6.07) is 12.2. The normalized spacial score (nSPS) is 16.0. The molecule has 5 aromatic rings. The Hall–Kier alpha value is -4.53. The SMILES string of the molecule is C=CC(=O)N1CCC[C@@H](n2nc(-c3ccc(Oc4ccc5c(c4)ncn5C)c(C)c3)c3c(C)ncnc32)CC1. The highest BCUT2D eigenvalue weighted by Gasteiger charge is 2.25. The maximum Gasteiger partial charge on any atom is 0.245 e. The van der Waals surface area contributed by atoms with Gasteiger partial charge in [0.15, 0.2) is 5.65 Å². The molecule has 2 aromatic carbocycles. The molecular formula is C30H31N7O2. The van der Waals surface area contributed by atoms with Crippen LogP contribution in [0.15, 0.2) is 61.7 Å². The van der Waals surface area contributed by atoms with Crippen molar-refractivity contribution in [3.05, 3.63) is 73.0 Å². The van der Waals surface area contributed by atoms with Gasteiger partial charge < -0.3 is 14.2 Å². The zero-order valence-corrected chi connectivity index (χ0v) is 22.5. The molecule has 4 heterocycles. The Morgan fingerprint density at radius 1 is 1.08 bits per heavy atom. The first-order valence-electron chi connectivity index (χ1n) is 13.2. The second-order valence-electron chi connectivity index (χ2n) is 10.2. The first-order chi connectivity index (χ1) is 18.9. The largest absolute Gasteiger partial charge is 0.457 e. The maximum atomic E-state index is 12.2. The van der Waals surface area contributed by atoms with Gasteiger partial charge in [0.2, 0.25) is 5.91 Å². The van der Waals surface area contributed by atoms with Gasteiger partial charge in [-0.05, 0) is 75.1 Å². The van der Waals surface area contributed by atoms with Crippen molar-refractivity contribution in [2.45, 2.75) is 39.2 Å². The lowest BCUT2D eigenvalue weighted by atomic mass is 10.0. The molecule has 198 valence electrons. The van der Waals surface area contributed by atoms with Crippen LogP contribution in [0.1, 0.15) is 36.6 Å². The topological polar surface area (TPSA) is 91.0 Å². The van der Waals surface area contributed by atoms with Gasteiger partial charge in [0.1, 0.15) is 23.5 Å². The average Bonchev–Trinajstić information content (AvgIpc) is 3.41. The smallest absolute Gasteiger partial charge is 0.245 e. The molecule has 6 rings (SSSR count). The lowest BCUT2D eigenvalue weighted by molar-refractivity contribution is -0.125. The summed E-state index contributed by atoms with van der Waals surface area (Å²) in [5.74, 6) is 1.51. The fourth-order valence-corrected chi connectivity index (χ4v) is 5.46. The van der Waals surface area contributed by atoms with E-state index in [2.05, 4.69) is 27.6 Å². The van der Waals surface area contributed by atoms with Crippen molar-refractivity contribution in [3.8, 4) is 22.8 Å². The Labute approximate surface area is 226 Å². The van der Waals surface area contributed by atoms with Crippen LogP contribution in [0.5, 0.6) is 11.5 Å². The number of benzene rings is 2. The Morgan fingerprint density at radius 2 is 1.95 bits per heavy atom. The second-order valence-corrected chi connectivity index (χ2v) is 10.2. The van der Waals surface area contributed by atoms with E-state index in [9.17, 15) is 4.79 Å². The first kappa shape index (κ1) is 24.8. The minimum absolute atomic E-state index is 0.0161. The van der Waals surface area contributed by atoms with Crippen molar-refractivity contribution in [2.75, 3.05) is 13.1 Å². The Kier molecular flexibility index (Phi) is 6.34. The predicted octanol–water partition coefficient (Wildman–Crippen LogP) is 5.53. The molecule has 1 aliphatic rings. The van der Waals surface area contributed by atoms with E-state index in [0.717, 1.165) is 81.9 Å². The molecule has 1 saturated heterocycles. The number of aryl methyl sites for hydroxylation is 3. The summed E-state index contributed by atoms with van der Waals surface area (Å²) < 4.78 is 10.3. The number of hydrogen-bond acceptors (Lipinski definition) is 6. The number of imidazole rings is 1. The monoisotopic (exact) mass is 521 g/mol. The van der Waals surface area contributed by atoms with Gasteiger partial charge in [-0.1, -0.05) is 6.58 Å². The van der Waals surface area contributed by atoms with E-state index in [1.165, 1.54) is 6.08 Å². The summed E-state index contributed by atoms with van der Waals surface area (Å²) in [7, 11) is 1.98. The molecule has 9 heteroatoms. The van der Waals surface area contributed by atoms with Gasteiger partial charge in [-0.2, -0.15) is 5.10 Å². The van der Waals surface area contributed by atoms with Crippen LogP contribution in [0.2, 0.25) is 0 Å². The summed E-state index contributed by atoms with van der Waals surface area (Å²) in [5.41, 5.74) is 6.51. The lowest BCUT2D eigenvalue weighted by Gasteiger charge is -2.19. The Balaban J connectivity index is 1.33. The van der Waals surface area contributed by atoms with E-state index in [4.69, 9.17) is 9.84 Å². The molecular weight excluding hydrogens is 490 g/mol. The number of carbonyl (C=O) groups excluding carboxylic acids is 1. The summed E-state index contributed by atoms with van der Waals surface area (Å²) in [6.45, 7) is 9.08. The van der Waals surface area contributed by atoms with Crippen LogP contribution < -0.4 is 4.74 Å². The molecule has 39 heavy (non-hydrogen) atoms. The minimum atomic E-state index is -0.0161. The maximum absolute atomic E-state index is 12.2. The number of fused-ring (bicyclic) bond motifs is 2. The quantitative estimate of drug-likeness (QED) is 0.283. The van der Waals surface area contributed by atoms with E-state index in [1.54, 1.807) is 12.7 Å². The molecule has 0 saturated carbocycles. The minimum Gasteiger partial charge on any atom is -0.457 e. The molecule has 1 amide bonds. The number of carbonyl (C=O) groups is 1. The highest BCUT2D eigenvalue weighted by molar-refractivity contribution is 5.93. The molecule has 1 atom stereocenters. The van der Waals surface area contributed by atoms with Crippen LogP contribution in [0, 0.1) is 13.8 Å². The Bertz CT molecular complexity index is 1720. The predicted molar refractivity (Wildman–Crippen MR) is 151 cm³/mol. The standard InChI is InChI=1S/C30H31N7O2/c1-5-27(38)36-13-6-7-22(12-14-36)37-30-28(20(3)31-17-32-30)29(34-37)21-8-11-26(19(2)15-21)39-23-9-10-25-24(16-23)33-18-35(25)4/h5,8-11,15-18,22H,1,6-7,12-14H2,2-4H3/t22-/m1/s1. The van der Waals surface area contributed by atoms with E-state index < -0.39 is 0 Å². The van der Waals surface area contributed by atoms with Crippen molar-refractivity contribution >= 4 is 28.0 Å². The fourth-order valence-electron chi connectivity index (χ4n) is 5.46. The van der Waals surface area contributed by atoms with Gasteiger partial charge in [0.25, 0.3) is 0 Å². The number of nitrogens with zero attached hydrogens (tertiary/aromatic N) is 7. The van der Waals surface area contributed by atoms with Crippen LogP contribution in [0.3, 0.4) is 0 Å². The van der Waals surface area contributed by atoms with Crippen molar-refractivity contribution in [3.63, 3.8) is 0 Å². The average molecular weight is 522 g/mol. The molecule has 9 nitrogen and oxygen atoms in total. The summed E-state index contributed by atoms with van der Waals surface area (Å²) in [4.78, 5) is 27.6. The molecule has 0 radical (unpaired) electrons. The molecule has 3 aromatic heterocycles. The van der Waals surface area contributed by atoms with Gasteiger partial charge >= 0.3 is 0 Å². The fraction of sp³-hybridized carbons (Fsp3) is 0.300. The van der Waals surface area contributed by atoms with Crippen LogP contribution in [-0.4, -0.2) is 53.2 Å². The number of rotatable bonds is 5. The highest BCUT2D eigenvalue weighted by Crippen LogP contribution is 2.36. The highest BCUT2D eigenvalue weighted by atomic mass is 16.5. The summed E-state index contributed by atoms with van der Waals surface area (Å²) >= 11 is 0. The second kappa shape index (κ2) is 9.98. The molecule has 0 aliphatic carbocycles. The van der Waals surface area contributed by atoms with Crippen molar-refractivity contribution < 1.29 is 9.53 Å². The third-order valence-electron chi connectivity index (χ3n) is 7.58. The van der Waals surface area contributed by atoms with E-state index in [-0.39, 0.29) is 11.9 Å². The summed E-state index contributed by atoms with van der Waals surface area (Å²) in [6.07, 6.45) is 7.43. The van der Waals surface area contributed by atoms with Gasteiger partial charge in [-0.25, -0.2) is 19.6 Å². The third-order valence-corrected chi connectivity index (χ3v) is 7.58. The van der Waals surface area contributed by atoms with Gasteiger partial charge in [0.05, 0.1) is 34.5 Å². The zero-order chi connectivity index (χ0) is 27.1. The number of ether oxygens (including phenoxy) is 1. The van der Waals surface area contributed by atoms with Gasteiger partial charge in [-0.3, -0.25) is 4.79 Å². The van der Waals surface area contributed by atoms with E-state index in [0.29, 0.717) is 6.54 Å². The summed E-state index contributed by atoms with van der Waals surface area (Å²) in [5, 5.41) is 6.06. The molecule has 1 fully saturated rings. The molecule has 0 bridgehead atoms. The van der Waals surface area contributed by atoms with E-state index >= 15 is 0 Å². The Morgan fingerprint density at radius 3 is 2.77 bits per heavy atom. The first-order valence-corrected chi connectivity index (χ1v) is 13.2. The van der Waals surface area contributed by atoms with Crippen LogP contribution in [0.25, 0.3) is 33.3 Å². The lowest BCUT2D eigenvalue weighted by Crippen LogP contribution is -2.30.